The summed E-state index contributed by atoms with van der Waals surface area (Å²) in [7, 11) is 1.54. The van der Waals surface area contributed by atoms with Gasteiger partial charge in [0.15, 0.2) is 0 Å². The quantitative estimate of drug-likeness (QED) is 0.775. The molecule has 0 bridgehead atoms. The highest BCUT2D eigenvalue weighted by Gasteiger charge is 2.13. The molecule has 0 aliphatic rings. The number of nitrogens with one attached hydrogen (secondary N) is 2. The van der Waals surface area contributed by atoms with Gasteiger partial charge in [-0.25, -0.2) is 0 Å². The highest BCUT2D eigenvalue weighted by atomic mass is 16.2. The zero-order valence-corrected chi connectivity index (χ0v) is 9.49. The van der Waals surface area contributed by atoms with E-state index >= 15 is 0 Å². The molecule has 0 fully saturated rings. The summed E-state index contributed by atoms with van der Waals surface area (Å²) in [4.78, 5) is 22.7. The van der Waals surface area contributed by atoms with Crippen molar-refractivity contribution in [3.63, 3.8) is 0 Å². The van der Waals surface area contributed by atoms with E-state index in [1.165, 1.54) is 0 Å². The Labute approximate surface area is 95.0 Å². The molecule has 4 heteroatoms. The Bertz CT molecular complexity index is 363. The molecule has 1 rings (SSSR count). The summed E-state index contributed by atoms with van der Waals surface area (Å²) in [5.41, 5.74) is 0.934. The minimum absolute atomic E-state index is 0.151. The third-order valence-corrected chi connectivity index (χ3v) is 2.22. The monoisotopic (exact) mass is 220 g/mol. The molecule has 1 aromatic carbocycles. The second-order valence-electron chi connectivity index (χ2n) is 3.57. The predicted octanol–water partition coefficient (Wildman–Crippen LogP) is 0.480. The normalized spacial score (nSPS) is 11.6. The molecule has 1 unspecified atom stereocenters. The highest BCUT2D eigenvalue weighted by Crippen LogP contribution is 1.99. The first-order valence-corrected chi connectivity index (χ1v) is 5.18. The first kappa shape index (κ1) is 12.2. The molecule has 0 radical (unpaired) electrons. The number of rotatable bonds is 4. The van der Waals surface area contributed by atoms with Gasteiger partial charge in [0.2, 0.25) is 11.8 Å². The van der Waals surface area contributed by atoms with E-state index in [0.29, 0.717) is 6.42 Å². The highest BCUT2D eigenvalue weighted by molar-refractivity contribution is 5.87. The van der Waals surface area contributed by atoms with Gasteiger partial charge in [-0.15, -0.1) is 0 Å². The van der Waals surface area contributed by atoms with Crippen molar-refractivity contribution in [3.05, 3.63) is 35.9 Å². The van der Waals surface area contributed by atoms with Gasteiger partial charge in [0.25, 0.3) is 0 Å². The Morgan fingerprint density at radius 1 is 1.25 bits per heavy atom. The van der Waals surface area contributed by atoms with Crippen LogP contribution in [0.1, 0.15) is 12.5 Å². The van der Waals surface area contributed by atoms with Gasteiger partial charge in [0, 0.05) is 7.05 Å². The molecular weight excluding hydrogens is 204 g/mol. The summed E-state index contributed by atoms with van der Waals surface area (Å²) in [6.07, 6.45) is 0.294. The second kappa shape index (κ2) is 5.90. The molecule has 1 atom stereocenters. The molecule has 0 saturated heterocycles. The molecular formula is C12H16N2O2. The Morgan fingerprint density at radius 2 is 1.88 bits per heavy atom. The predicted molar refractivity (Wildman–Crippen MR) is 61.8 cm³/mol. The maximum atomic E-state index is 11.6. The van der Waals surface area contributed by atoms with Crippen molar-refractivity contribution in [2.75, 3.05) is 7.05 Å². The van der Waals surface area contributed by atoms with Crippen molar-refractivity contribution in [3.8, 4) is 0 Å². The van der Waals surface area contributed by atoms with Gasteiger partial charge in [0.05, 0.1) is 6.42 Å². The van der Waals surface area contributed by atoms with Crippen LogP contribution in [0.15, 0.2) is 30.3 Å². The first-order valence-electron chi connectivity index (χ1n) is 5.18. The topological polar surface area (TPSA) is 58.2 Å². The van der Waals surface area contributed by atoms with E-state index in [4.69, 9.17) is 0 Å². The third-order valence-electron chi connectivity index (χ3n) is 2.22. The fourth-order valence-corrected chi connectivity index (χ4v) is 1.36. The van der Waals surface area contributed by atoms with Crippen LogP contribution in [0.4, 0.5) is 0 Å². The van der Waals surface area contributed by atoms with Crippen LogP contribution in [0.3, 0.4) is 0 Å². The molecule has 16 heavy (non-hydrogen) atoms. The van der Waals surface area contributed by atoms with E-state index in [-0.39, 0.29) is 11.8 Å². The lowest BCUT2D eigenvalue weighted by atomic mass is 10.1. The van der Waals surface area contributed by atoms with Gasteiger partial charge in [-0.2, -0.15) is 0 Å². The lowest BCUT2D eigenvalue weighted by Gasteiger charge is -2.12. The van der Waals surface area contributed by atoms with Gasteiger partial charge < -0.3 is 10.6 Å². The molecule has 2 amide bonds. The van der Waals surface area contributed by atoms with Gasteiger partial charge >= 0.3 is 0 Å². The number of amides is 2. The summed E-state index contributed by atoms with van der Waals surface area (Å²) in [5.74, 6) is -0.344. The van der Waals surface area contributed by atoms with Crippen LogP contribution in [-0.4, -0.2) is 24.9 Å². The van der Waals surface area contributed by atoms with E-state index in [1.54, 1.807) is 14.0 Å². The van der Waals surface area contributed by atoms with Crippen molar-refractivity contribution < 1.29 is 9.59 Å². The standard InChI is InChI=1S/C12H16N2O2/c1-9(12(16)13-2)14-11(15)8-10-6-4-3-5-7-10/h3-7,9H,8H2,1-2H3,(H,13,16)(H,14,15). The van der Waals surface area contributed by atoms with Crippen molar-refractivity contribution in [1.82, 2.24) is 10.6 Å². The molecule has 2 N–H and O–H groups in total. The largest absolute Gasteiger partial charge is 0.357 e. The summed E-state index contributed by atoms with van der Waals surface area (Å²) in [6, 6.07) is 8.92. The third kappa shape index (κ3) is 3.73. The van der Waals surface area contributed by atoms with Gasteiger partial charge in [-0.05, 0) is 12.5 Å². The molecule has 1 aromatic rings. The summed E-state index contributed by atoms with van der Waals surface area (Å²) in [5, 5.41) is 5.11. The zero-order valence-electron chi connectivity index (χ0n) is 9.49. The lowest BCUT2D eigenvalue weighted by Crippen LogP contribution is -2.44. The Balaban J connectivity index is 2.45. The molecule has 0 heterocycles. The minimum Gasteiger partial charge on any atom is -0.357 e. The maximum Gasteiger partial charge on any atom is 0.242 e. The van der Waals surface area contributed by atoms with Crippen molar-refractivity contribution in [2.45, 2.75) is 19.4 Å². The van der Waals surface area contributed by atoms with Crippen LogP contribution in [0.25, 0.3) is 0 Å². The smallest absolute Gasteiger partial charge is 0.242 e. The van der Waals surface area contributed by atoms with Crippen LogP contribution in [0.2, 0.25) is 0 Å². The second-order valence-corrected chi connectivity index (χ2v) is 3.57. The van der Waals surface area contributed by atoms with Gasteiger partial charge in [-0.3, -0.25) is 9.59 Å². The van der Waals surface area contributed by atoms with E-state index < -0.39 is 6.04 Å². The number of hydrogen-bond acceptors (Lipinski definition) is 2. The summed E-state index contributed by atoms with van der Waals surface area (Å²) in [6.45, 7) is 1.65. The molecule has 0 aromatic heterocycles. The maximum absolute atomic E-state index is 11.6. The van der Waals surface area contributed by atoms with Crippen molar-refractivity contribution in [1.29, 1.82) is 0 Å². The van der Waals surface area contributed by atoms with E-state index in [1.807, 2.05) is 30.3 Å². The summed E-state index contributed by atoms with van der Waals surface area (Å²) < 4.78 is 0. The van der Waals surface area contributed by atoms with E-state index in [0.717, 1.165) is 5.56 Å². The average molecular weight is 220 g/mol. The molecule has 86 valence electrons. The van der Waals surface area contributed by atoms with Crippen LogP contribution in [-0.2, 0) is 16.0 Å². The van der Waals surface area contributed by atoms with E-state index in [9.17, 15) is 9.59 Å². The number of carbonyl (C=O) groups is 2. The van der Waals surface area contributed by atoms with Crippen LogP contribution in [0.5, 0.6) is 0 Å². The Hall–Kier alpha value is -1.84. The fraction of sp³-hybridized carbons (Fsp3) is 0.333. The van der Waals surface area contributed by atoms with Crippen LogP contribution < -0.4 is 10.6 Å². The number of benzene rings is 1. The SMILES string of the molecule is CNC(=O)C(C)NC(=O)Cc1ccccc1. The van der Waals surface area contributed by atoms with Gasteiger partial charge in [-0.1, -0.05) is 30.3 Å². The molecule has 0 aliphatic heterocycles. The molecule has 0 saturated carbocycles. The van der Waals surface area contributed by atoms with Crippen molar-refractivity contribution >= 4 is 11.8 Å². The Morgan fingerprint density at radius 3 is 2.44 bits per heavy atom. The Kier molecular flexibility index (Phi) is 4.51. The minimum atomic E-state index is -0.499. The van der Waals surface area contributed by atoms with Crippen molar-refractivity contribution in [2.24, 2.45) is 0 Å². The van der Waals surface area contributed by atoms with Crippen LogP contribution >= 0.6 is 0 Å². The number of carbonyl (C=O) groups excluding carboxylic acids is 2. The zero-order chi connectivity index (χ0) is 12.0. The average Bonchev–Trinajstić information content (AvgIpc) is 2.29. The fourth-order valence-electron chi connectivity index (χ4n) is 1.36. The van der Waals surface area contributed by atoms with Crippen LogP contribution in [0, 0.1) is 0 Å². The first-order chi connectivity index (χ1) is 7.63. The molecule has 4 nitrogen and oxygen atoms in total. The lowest BCUT2D eigenvalue weighted by molar-refractivity contribution is -0.128. The summed E-state index contributed by atoms with van der Waals surface area (Å²) >= 11 is 0. The number of hydrogen-bond donors (Lipinski definition) is 2. The van der Waals surface area contributed by atoms with E-state index in [2.05, 4.69) is 10.6 Å². The molecule has 0 spiro atoms. The molecule has 0 aliphatic carbocycles. The number of likely N-dealkylation sites (N-methyl/N-ethyl adjacent to an activating group) is 1. The van der Waals surface area contributed by atoms with Gasteiger partial charge in [0.1, 0.15) is 6.04 Å².